The maximum absolute atomic E-state index is 11.5. The third-order valence-corrected chi connectivity index (χ3v) is 4.29. The van der Waals surface area contributed by atoms with Crippen LogP contribution < -0.4 is 0 Å². The summed E-state index contributed by atoms with van der Waals surface area (Å²) in [6.07, 6.45) is 4.25. The number of esters is 1. The number of aryl methyl sites for hydroxylation is 2. The lowest BCUT2D eigenvalue weighted by Gasteiger charge is -2.17. The fourth-order valence-corrected chi connectivity index (χ4v) is 3.09. The molecule has 5 heteroatoms. The van der Waals surface area contributed by atoms with Crippen LogP contribution in [0.3, 0.4) is 0 Å². The zero-order valence-corrected chi connectivity index (χ0v) is 11.9. The van der Waals surface area contributed by atoms with Gasteiger partial charge in [-0.15, -0.1) is 0 Å². The summed E-state index contributed by atoms with van der Waals surface area (Å²) in [5.41, 5.74) is 2.81. The normalized spacial score (nSPS) is 15.2. The SMILES string of the molecule is COC(=O)C(C)Sc1nc2c(cc1C#N)CCCC2. The van der Waals surface area contributed by atoms with Crippen LogP contribution in [0.1, 0.15) is 36.6 Å². The van der Waals surface area contributed by atoms with Crippen molar-refractivity contribution >= 4 is 17.7 Å². The van der Waals surface area contributed by atoms with Crippen LogP contribution in [0.2, 0.25) is 0 Å². The summed E-state index contributed by atoms with van der Waals surface area (Å²) in [5, 5.41) is 9.49. The third-order valence-electron chi connectivity index (χ3n) is 3.21. The number of carbonyl (C=O) groups excluding carboxylic acids is 1. The Labute approximate surface area is 117 Å². The van der Waals surface area contributed by atoms with E-state index < -0.39 is 0 Å². The Hall–Kier alpha value is -1.54. The van der Waals surface area contributed by atoms with Crippen LogP contribution in [-0.4, -0.2) is 23.3 Å². The molecule has 4 nitrogen and oxygen atoms in total. The van der Waals surface area contributed by atoms with E-state index in [1.54, 1.807) is 6.92 Å². The Morgan fingerprint density at radius 1 is 1.53 bits per heavy atom. The highest BCUT2D eigenvalue weighted by molar-refractivity contribution is 8.00. The highest BCUT2D eigenvalue weighted by atomic mass is 32.2. The molecule has 1 aliphatic rings. The molecule has 2 rings (SSSR count). The second kappa shape index (κ2) is 6.07. The fraction of sp³-hybridized carbons (Fsp3) is 0.500. The average molecular weight is 276 g/mol. The number of nitriles is 1. The number of aromatic nitrogens is 1. The molecule has 1 aromatic rings. The van der Waals surface area contributed by atoms with E-state index in [0.29, 0.717) is 10.6 Å². The van der Waals surface area contributed by atoms with Crippen molar-refractivity contribution in [1.82, 2.24) is 4.98 Å². The maximum atomic E-state index is 11.5. The van der Waals surface area contributed by atoms with Gasteiger partial charge in [-0.1, -0.05) is 11.8 Å². The Bertz CT molecular complexity index is 537. The van der Waals surface area contributed by atoms with Crippen LogP contribution in [-0.2, 0) is 22.4 Å². The van der Waals surface area contributed by atoms with Crippen molar-refractivity contribution in [1.29, 1.82) is 5.26 Å². The van der Waals surface area contributed by atoms with Gasteiger partial charge in [-0.3, -0.25) is 4.79 Å². The van der Waals surface area contributed by atoms with Gasteiger partial charge in [0, 0.05) is 5.69 Å². The summed E-state index contributed by atoms with van der Waals surface area (Å²) >= 11 is 1.29. The number of fused-ring (bicyclic) bond motifs is 1. The van der Waals surface area contributed by atoms with E-state index in [4.69, 9.17) is 4.74 Å². The molecule has 0 amide bonds. The van der Waals surface area contributed by atoms with Crippen LogP contribution in [0, 0.1) is 11.3 Å². The fourth-order valence-electron chi connectivity index (χ4n) is 2.17. The van der Waals surface area contributed by atoms with Crippen LogP contribution >= 0.6 is 11.8 Å². The van der Waals surface area contributed by atoms with E-state index in [9.17, 15) is 10.1 Å². The number of thioether (sulfide) groups is 1. The summed E-state index contributed by atoms with van der Waals surface area (Å²) in [6, 6.07) is 4.10. The minimum atomic E-state index is -0.355. The van der Waals surface area contributed by atoms with Gasteiger partial charge >= 0.3 is 5.97 Å². The number of hydrogen-bond donors (Lipinski definition) is 0. The Morgan fingerprint density at radius 2 is 2.26 bits per heavy atom. The lowest BCUT2D eigenvalue weighted by atomic mass is 9.95. The highest BCUT2D eigenvalue weighted by Crippen LogP contribution is 2.29. The van der Waals surface area contributed by atoms with Gasteiger partial charge in [0.1, 0.15) is 16.3 Å². The second-order valence-corrected chi connectivity index (χ2v) is 5.88. The number of ether oxygens (including phenoxy) is 1. The van der Waals surface area contributed by atoms with Crippen LogP contribution in [0.15, 0.2) is 11.1 Å². The quantitative estimate of drug-likeness (QED) is 0.627. The van der Waals surface area contributed by atoms with Crippen LogP contribution in [0.5, 0.6) is 0 Å². The lowest BCUT2D eigenvalue weighted by molar-refractivity contribution is -0.139. The number of hydrogen-bond acceptors (Lipinski definition) is 5. The zero-order chi connectivity index (χ0) is 13.8. The minimum absolute atomic E-state index is 0.298. The summed E-state index contributed by atoms with van der Waals surface area (Å²) in [7, 11) is 1.37. The van der Waals surface area contributed by atoms with E-state index in [2.05, 4.69) is 11.1 Å². The van der Waals surface area contributed by atoms with Crippen LogP contribution in [0.25, 0.3) is 0 Å². The maximum Gasteiger partial charge on any atom is 0.318 e. The van der Waals surface area contributed by atoms with Crippen molar-refractivity contribution in [2.45, 2.75) is 42.9 Å². The molecule has 0 saturated carbocycles. The molecule has 100 valence electrons. The van der Waals surface area contributed by atoms with E-state index in [1.165, 1.54) is 24.4 Å². The molecule has 0 aliphatic heterocycles. The van der Waals surface area contributed by atoms with Crippen molar-refractivity contribution in [3.05, 3.63) is 22.9 Å². The van der Waals surface area contributed by atoms with Crippen molar-refractivity contribution < 1.29 is 9.53 Å². The van der Waals surface area contributed by atoms with Gasteiger partial charge in [-0.05, 0) is 44.2 Å². The van der Waals surface area contributed by atoms with Gasteiger partial charge in [0.25, 0.3) is 0 Å². The molecule has 1 unspecified atom stereocenters. The van der Waals surface area contributed by atoms with Gasteiger partial charge in [0.2, 0.25) is 0 Å². The summed E-state index contributed by atoms with van der Waals surface area (Å²) < 4.78 is 4.70. The third kappa shape index (κ3) is 3.07. The number of rotatable bonds is 3. The van der Waals surface area contributed by atoms with Gasteiger partial charge < -0.3 is 4.74 Å². The molecule has 0 spiro atoms. The monoisotopic (exact) mass is 276 g/mol. The van der Waals surface area contributed by atoms with Gasteiger partial charge in [0.15, 0.2) is 0 Å². The van der Waals surface area contributed by atoms with Crippen molar-refractivity contribution in [3.8, 4) is 6.07 Å². The highest BCUT2D eigenvalue weighted by Gasteiger charge is 2.20. The second-order valence-electron chi connectivity index (χ2n) is 4.55. The molecule has 0 radical (unpaired) electrons. The predicted molar refractivity (Wildman–Crippen MR) is 72.9 cm³/mol. The zero-order valence-electron chi connectivity index (χ0n) is 11.1. The number of nitrogens with zero attached hydrogens (tertiary/aromatic N) is 2. The first-order chi connectivity index (χ1) is 9.15. The van der Waals surface area contributed by atoms with Gasteiger partial charge in [0.05, 0.1) is 12.7 Å². The van der Waals surface area contributed by atoms with Gasteiger partial charge in [-0.25, -0.2) is 4.98 Å². The topological polar surface area (TPSA) is 63.0 Å². The molecule has 0 aromatic carbocycles. The number of carbonyl (C=O) groups is 1. The molecular weight excluding hydrogens is 260 g/mol. The first-order valence-electron chi connectivity index (χ1n) is 6.33. The smallest absolute Gasteiger partial charge is 0.318 e. The predicted octanol–water partition coefficient (Wildman–Crippen LogP) is 2.49. The van der Waals surface area contributed by atoms with Crippen molar-refractivity contribution in [2.75, 3.05) is 7.11 Å². The number of methoxy groups -OCH3 is 1. The molecule has 19 heavy (non-hydrogen) atoms. The summed E-state index contributed by atoms with van der Waals surface area (Å²) in [4.78, 5) is 16.0. The molecule has 0 N–H and O–H groups in total. The minimum Gasteiger partial charge on any atom is -0.468 e. The first-order valence-corrected chi connectivity index (χ1v) is 7.21. The van der Waals surface area contributed by atoms with E-state index >= 15 is 0 Å². The molecule has 1 atom stereocenters. The molecule has 0 fully saturated rings. The largest absolute Gasteiger partial charge is 0.468 e. The summed E-state index contributed by atoms with van der Waals surface area (Å²) in [5.74, 6) is -0.298. The number of pyridine rings is 1. The van der Waals surface area contributed by atoms with E-state index in [0.717, 1.165) is 31.4 Å². The van der Waals surface area contributed by atoms with Crippen molar-refractivity contribution in [3.63, 3.8) is 0 Å². The molecule has 0 bridgehead atoms. The molecule has 1 aliphatic carbocycles. The molecule has 1 aromatic heterocycles. The first kappa shape index (κ1) is 13.9. The van der Waals surface area contributed by atoms with Crippen LogP contribution in [0.4, 0.5) is 0 Å². The standard InChI is InChI=1S/C14H16N2O2S/c1-9(14(17)18-2)19-13-11(8-15)7-10-5-3-4-6-12(10)16-13/h7,9H,3-6H2,1-2H3. The Morgan fingerprint density at radius 3 is 2.95 bits per heavy atom. The molecule has 0 saturated heterocycles. The van der Waals surface area contributed by atoms with Gasteiger partial charge in [-0.2, -0.15) is 5.26 Å². The van der Waals surface area contributed by atoms with Crippen molar-refractivity contribution in [2.24, 2.45) is 0 Å². The molecular formula is C14H16N2O2S. The Kier molecular flexibility index (Phi) is 4.43. The van der Waals surface area contributed by atoms with E-state index in [-0.39, 0.29) is 11.2 Å². The Balaban J connectivity index is 2.29. The van der Waals surface area contributed by atoms with E-state index in [1.807, 2.05) is 6.07 Å². The molecule has 1 heterocycles. The lowest BCUT2D eigenvalue weighted by Crippen LogP contribution is -2.16. The average Bonchev–Trinajstić information content (AvgIpc) is 2.45. The summed E-state index contributed by atoms with van der Waals surface area (Å²) in [6.45, 7) is 1.76.